The number of carbonyl (C=O) groups excluding carboxylic acids is 2. The zero-order valence-electron chi connectivity index (χ0n) is 21.7. The van der Waals surface area contributed by atoms with Gasteiger partial charge in [0, 0.05) is 25.6 Å². The lowest BCUT2D eigenvalue weighted by Crippen LogP contribution is -2.49. The number of rotatable bonds is 12. The van der Waals surface area contributed by atoms with Gasteiger partial charge in [-0.1, -0.05) is 43.3 Å². The number of sulfonamides is 1. The molecule has 0 unspecified atom stereocenters. The number of anilines is 1. The molecule has 0 heterocycles. The summed E-state index contributed by atoms with van der Waals surface area (Å²) in [7, 11) is -3.52. The van der Waals surface area contributed by atoms with Crippen molar-refractivity contribution < 1.29 is 18.0 Å². The molecule has 0 aromatic heterocycles. The molecule has 0 fully saturated rings. The summed E-state index contributed by atoms with van der Waals surface area (Å²) in [5.74, 6) is -0.383. The number of hydrogen-bond acceptors (Lipinski definition) is 4. The lowest BCUT2D eigenvalue weighted by molar-refractivity contribution is -0.140. The second kappa shape index (κ2) is 12.7. The van der Waals surface area contributed by atoms with Crippen LogP contribution in [-0.4, -0.2) is 50.0 Å². The Balaban J connectivity index is 2.17. The second-order valence-corrected chi connectivity index (χ2v) is 11.2. The van der Waals surface area contributed by atoms with Crippen molar-refractivity contribution in [2.45, 2.75) is 72.5 Å². The number of nitrogens with one attached hydrogen (secondary N) is 1. The van der Waals surface area contributed by atoms with Crippen molar-refractivity contribution in [3.63, 3.8) is 0 Å². The highest BCUT2D eigenvalue weighted by Crippen LogP contribution is 2.22. The van der Waals surface area contributed by atoms with E-state index in [-0.39, 0.29) is 30.8 Å². The van der Waals surface area contributed by atoms with Crippen molar-refractivity contribution in [2.24, 2.45) is 0 Å². The van der Waals surface area contributed by atoms with Crippen LogP contribution in [0.2, 0.25) is 0 Å². The molecule has 0 spiro atoms. The highest BCUT2D eigenvalue weighted by Gasteiger charge is 2.27. The minimum Gasteiger partial charge on any atom is -0.352 e. The van der Waals surface area contributed by atoms with Crippen molar-refractivity contribution in [3.8, 4) is 0 Å². The number of aryl methyl sites for hydroxylation is 2. The van der Waals surface area contributed by atoms with Gasteiger partial charge in [-0.3, -0.25) is 13.9 Å². The number of carbonyl (C=O) groups is 2. The van der Waals surface area contributed by atoms with Gasteiger partial charge in [0.2, 0.25) is 21.8 Å². The number of hydrogen-bond donors (Lipinski definition) is 1. The van der Waals surface area contributed by atoms with Gasteiger partial charge in [-0.15, -0.1) is 0 Å². The molecule has 7 nitrogen and oxygen atoms in total. The molecule has 0 radical (unpaired) electrons. The maximum atomic E-state index is 13.3. The lowest BCUT2D eigenvalue weighted by Gasteiger charge is -2.30. The maximum Gasteiger partial charge on any atom is 0.242 e. The van der Waals surface area contributed by atoms with E-state index in [2.05, 4.69) is 5.32 Å². The minimum absolute atomic E-state index is 0.0136. The molecule has 2 aromatic rings. The van der Waals surface area contributed by atoms with Crippen LogP contribution in [0.1, 0.15) is 56.7 Å². The normalized spacial score (nSPS) is 13.1. The van der Waals surface area contributed by atoms with Crippen LogP contribution in [0.15, 0.2) is 48.5 Å². The Kier molecular flexibility index (Phi) is 10.3. The molecule has 1 N–H and O–H groups in total. The largest absolute Gasteiger partial charge is 0.352 e. The van der Waals surface area contributed by atoms with E-state index in [9.17, 15) is 18.0 Å². The first-order valence-corrected chi connectivity index (χ1v) is 14.0. The monoisotopic (exact) mass is 501 g/mol. The summed E-state index contributed by atoms with van der Waals surface area (Å²) in [5, 5.41) is 2.96. The van der Waals surface area contributed by atoms with E-state index in [1.165, 1.54) is 10.6 Å². The van der Waals surface area contributed by atoms with E-state index in [4.69, 9.17) is 0 Å². The summed E-state index contributed by atoms with van der Waals surface area (Å²) in [5.41, 5.74) is 3.47. The van der Waals surface area contributed by atoms with Gasteiger partial charge in [-0.05, 0) is 69.4 Å². The number of amides is 2. The van der Waals surface area contributed by atoms with Crippen LogP contribution in [0.4, 0.5) is 5.69 Å². The van der Waals surface area contributed by atoms with Gasteiger partial charge in [0.05, 0.1) is 11.9 Å². The Bertz CT molecular complexity index is 1080. The lowest BCUT2D eigenvalue weighted by atomic mass is 10.1. The van der Waals surface area contributed by atoms with Crippen molar-refractivity contribution in [3.05, 3.63) is 65.2 Å². The van der Waals surface area contributed by atoms with Crippen LogP contribution in [0.25, 0.3) is 0 Å². The van der Waals surface area contributed by atoms with Gasteiger partial charge in [-0.25, -0.2) is 8.42 Å². The summed E-state index contributed by atoms with van der Waals surface area (Å²) in [6, 6.07) is 14.6. The fourth-order valence-corrected chi connectivity index (χ4v) is 4.88. The number of nitrogens with zero attached hydrogens (tertiary/aromatic N) is 2. The van der Waals surface area contributed by atoms with Crippen LogP contribution in [0, 0.1) is 13.8 Å². The predicted molar refractivity (Wildman–Crippen MR) is 142 cm³/mol. The predicted octanol–water partition coefficient (Wildman–Crippen LogP) is 4.18. The average Bonchev–Trinajstić information content (AvgIpc) is 2.78. The zero-order chi connectivity index (χ0) is 26.2. The molecule has 0 aliphatic heterocycles. The minimum atomic E-state index is -3.52. The van der Waals surface area contributed by atoms with Gasteiger partial charge >= 0.3 is 0 Å². The topological polar surface area (TPSA) is 86.8 Å². The highest BCUT2D eigenvalue weighted by molar-refractivity contribution is 7.92. The summed E-state index contributed by atoms with van der Waals surface area (Å²) in [6.45, 7) is 9.99. The van der Waals surface area contributed by atoms with Gasteiger partial charge in [-0.2, -0.15) is 0 Å². The molecule has 0 saturated heterocycles. The van der Waals surface area contributed by atoms with E-state index in [1.807, 2.05) is 76.2 Å². The molecular weight excluding hydrogens is 462 g/mol. The molecule has 0 saturated carbocycles. The first-order valence-electron chi connectivity index (χ1n) is 12.1. The van der Waals surface area contributed by atoms with Crippen LogP contribution in [0.5, 0.6) is 0 Å². The Morgan fingerprint density at radius 3 is 2.14 bits per heavy atom. The van der Waals surface area contributed by atoms with Crippen molar-refractivity contribution in [1.82, 2.24) is 10.2 Å². The standard InChI is InChI=1S/C27H39N3O4S/c1-7-22(4)28-27(32)23(5)29(19-24-12-9-8-10-13-24)26(31)14-11-15-30(35(6,33)34)25-17-20(2)16-21(3)18-25/h8-10,12-13,16-18,22-23H,7,11,14-15,19H2,1-6H3,(H,28,32)/t22-,23-/m1/s1. The molecular formula is C27H39N3O4S. The second-order valence-electron chi connectivity index (χ2n) is 9.29. The molecule has 0 aliphatic rings. The van der Waals surface area contributed by atoms with E-state index < -0.39 is 16.1 Å². The highest BCUT2D eigenvalue weighted by atomic mass is 32.2. The van der Waals surface area contributed by atoms with Crippen molar-refractivity contribution in [2.75, 3.05) is 17.1 Å². The first kappa shape index (κ1) is 28.4. The van der Waals surface area contributed by atoms with Crippen LogP contribution >= 0.6 is 0 Å². The molecule has 35 heavy (non-hydrogen) atoms. The van der Waals surface area contributed by atoms with E-state index >= 15 is 0 Å². The van der Waals surface area contributed by atoms with E-state index in [1.54, 1.807) is 11.8 Å². The van der Waals surface area contributed by atoms with Gasteiger partial charge in [0.15, 0.2) is 0 Å². The Labute approximate surface area is 210 Å². The van der Waals surface area contributed by atoms with E-state index in [0.29, 0.717) is 18.7 Å². The molecule has 2 aromatic carbocycles. The SMILES string of the molecule is CC[C@@H](C)NC(=O)[C@@H](C)N(Cc1ccccc1)C(=O)CCCN(c1cc(C)cc(C)c1)S(C)(=O)=O. The molecule has 0 aliphatic carbocycles. The fourth-order valence-electron chi connectivity index (χ4n) is 3.93. The maximum absolute atomic E-state index is 13.3. The number of benzene rings is 2. The molecule has 2 atom stereocenters. The van der Waals surface area contributed by atoms with Crippen molar-refractivity contribution >= 4 is 27.5 Å². The third-order valence-corrected chi connectivity index (χ3v) is 7.20. The Morgan fingerprint density at radius 2 is 1.60 bits per heavy atom. The summed E-state index contributed by atoms with van der Waals surface area (Å²) in [4.78, 5) is 27.7. The third kappa shape index (κ3) is 8.69. The van der Waals surface area contributed by atoms with E-state index in [0.717, 1.165) is 23.1 Å². The fraction of sp³-hybridized carbons (Fsp3) is 0.481. The smallest absolute Gasteiger partial charge is 0.242 e. The Hall–Kier alpha value is -2.87. The van der Waals surface area contributed by atoms with Crippen LogP contribution in [-0.2, 0) is 26.2 Å². The molecule has 2 amide bonds. The first-order chi connectivity index (χ1) is 16.4. The molecule has 0 bridgehead atoms. The van der Waals surface area contributed by atoms with Gasteiger partial charge in [0.25, 0.3) is 0 Å². The zero-order valence-corrected chi connectivity index (χ0v) is 22.6. The molecule has 192 valence electrons. The molecule has 2 rings (SSSR count). The van der Waals surface area contributed by atoms with Crippen LogP contribution in [0.3, 0.4) is 0 Å². The van der Waals surface area contributed by atoms with Crippen LogP contribution < -0.4 is 9.62 Å². The van der Waals surface area contributed by atoms with Gasteiger partial charge < -0.3 is 10.2 Å². The summed E-state index contributed by atoms with van der Waals surface area (Å²) < 4.78 is 26.4. The molecule has 8 heteroatoms. The summed E-state index contributed by atoms with van der Waals surface area (Å²) in [6.07, 6.45) is 2.44. The summed E-state index contributed by atoms with van der Waals surface area (Å²) >= 11 is 0. The average molecular weight is 502 g/mol. The van der Waals surface area contributed by atoms with Crippen molar-refractivity contribution in [1.29, 1.82) is 0 Å². The quantitative estimate of drug-likeness (QED) is 0.473. The third-order valence-electron chi connectivity index (χ3n) is 6.01. The van der Waals surface area contributed by atoms with Gasteiger partial charge in [0.1, 0.15) is 6.04 Å². The Morgan fingerprint density at radius 1 is 1.00 bits per heavy atom.